The second-order valence-corrected chi connectivity index (χ2v) is 5.60. The Kier molecular flexibility index (Phi) is 6.20. The predicted molar refractivity (Wildman–Crippen MR) is 90.7 cm³/mol. The highest BCUT2D eigenvalue weighted by Crippen LogP contribution is 2.16. The molecule has 2 rings (SSSR count). The van der Waals surface area contributed by atoms with Crippen molar-refractivity contribution >= 4 is 17.5 Å². The van der Waals surface area contributed by atoms with Crippen LogP contribution in [0.4, 0.5) is 0 Å². The largest absolute Gasteiger partial charge is 0.492 e. The molecule has 2 aromatic rings. The van der Waals surface area contributed by atoms with Gasteiger partial charge in [0.05, 0.1) is 6.54 Å². The number of hydrogen-bond donors (Lipinski definition) is 3. The lowest BCUT2D eigenvalue weighted by molar-refractivity contribution is -0.121. The summed E-state index contributed by atoms with van der Waals surface area (Å²) in [5.41, 5.74) is -0.141. The Labute approximate surface area is 143 Å². The number of nitrogens with one attached hydrogen (secondary N) is 3. The number of carbonyl (C=O) groups is 1. The van der Waals surface area contributed by atoms with Crippen LogP contribution < -0.4 is 21.3 Å². The second-order valence-electron chi connectivity index (χ2n) is 5.17. The van der Waals surface area contributed by atoms with Gasteiger partial charge in [0.2, 0.25) is 5.91 Å². The molecule has 0 aliphatic carbocycles. The van der Waals surface area contributed by atoms with Gasteiger partial charge in [-0.05, 0) is 31.5 Å². The van der Waals surface area contributed by atoms with Crippen LogP contribution >= 0.6 is 11.6 Å². The zero-order chi connectivity index (χ0) is 17.5. The van der Waals surface area contributed by atoms with Crippen LogP contribution in [-0.4, -0.2) is 29.0 Å². The average Bonchev–Trinajstić information content (AvgIpc) is 2.50. The summed E-state index contributed by atoms with van der Waals surface area (Å²) in [7, 11) is 0. The molecule has 0 bridgehead atoms. The molecule has 0 aliphatic heterocycles. The van der Waals surface area contributed by atoms with Gasteiger partial charge in [0.25, 0.3) is 5.56 Å². The highest BCUT2D eigenvalue weighted by Gasteiger charge is 2.08. The summed E-state index contributed by atoms with van der Waals surface area (Å²) in [6.07, 6.45) is 0.395. The van der Waals surface area contributed by atoms with Crippen molar-refractivity contribution in [2.24, 2.45) is 0 Å². The fourth-order valence-electron chi connectivity index (χ4n) is 2.17. The molecule has 0 aliphatic rings. The minimum atomic E-state index is -0.552. The number of rotatable bonds is 7. The fourth-order valence-corrected chi connectivity index (χ4v) is 2.35. The topological polar surface area (TPSA) is 104 Å². The third-order valence-corrected chi connectivity index (χ3v) is 3.58. The highest BCUT2D eigenvalue weighted by atomic mass is 35.5. The number of ether oxygens (including phenoxy) is 1. The predicted octanol–water partition coefficient (Wildman–Crippen LogP) is 1.15. The van der Waals surface area contributed by atoms with E-state index >= 15 is 0 Å². The average molecular weight is 352 g/mol. The smallest absolute Gasteiger partial charge is 0.325 e. The lowest BCUT2D eigenvalue weighted by Crippen LogP contribution is -2.30. The molecule has 0 atom stereocenters. The van der Waals surface area contributed by atoms with E-state index in [1.807, 2.05) is 0 Å². The third-order valence-electron chi connectivity index (χ3n) is 3.35. The van der Waals surface area contributed by atoms with Crippen LogP contribution in [0.25, 0.3) is 0 Å². The summed E-state index contributed by atoms with van der Waals surface area (Å²) in [6.45, 7) is 2.28. The number of carbonyl (C=O) groups excluding carboxylic acids is 1. The van der Waals surface area contributed by atoms with Crippen LogP contribution in [0.15, 0.2) is 33.9 Å². The lowest BCUT2D eigenvalue weighted by Gasteiger charge is -2.08. The van der Waals surface area contributed by atoms with Crippen LogP contribution in [0, 0.1) is 6.92 Å². The van der Waals surface area contributed by atoms with Gasteiger partial charge in [-0.3, -0.25) is 14.6 Å². The summed E-state index contributed by atoms with van der Waals surface area (Å²) < 4.78 is 5.46. The summed E-state index contributed by atoms with van der Waals surface area (Å²) in [5.74, 6) is 0.432. The van der Waals surface area contributed by atoms with Crippen molar-refractivity contribution in [3.63, 3.8) is 0 Å². The van der Waals surface area contributed by atoms with Crippen molar-refractivity contribution in [3.05, 3.63) is 61.4 Å². The molecule has 0 saturated carbocycles. The van der Waals surface area contributed by atoms with Gasteiger partial charge in [-0.2, -0.15) is 0 Å². The number of H-pyrrole nitrogens is 2. The molecule has 3 N–H and O–H groups in total. The second kappa shape index (κ2) is 8.35. The molecule has 0 unspecified atom stereocenters. The molecule has 8 heteroatoms. The normalized spacial score (nSPS) is 10.4. The molecule has 0 saturated heterocycles. The number of halogens is 1. The Morgan fingerprint density at radius 2 is 2.08 bits per heavy atom. The Morgan fingerprint density at radius 1 is 1.29 bits per heavy atom. The third kappa shape index (κ3) is 5.27. The maximum Gasteiger partial charge on any atom is 0.325 e. The molecule has 24 heavy (non-hydrogen) atoms. The van der Waals surface area contributed by atoms with Crippen LogP contribution in [0.3, 0.4) is 0 Å². The van der Waals surface area contributed by atoms with Crippen molar-refractivity contribution in [2.75, 3.05) is 13.2 Å². The van der Waals surface area contributed by atoms with Gasteiger partial charge in [0.15, 0.2) is 0 Å². The van der Waals surface area contributed by atoms with E-state index in [9.17, 15) is 14.4 Å². The van der Waals surface area contributed by atoms with Crippen molar-refractivity contribution in [1.82, 2.24) is 15.3 Å². The Hall–Kier alpha value is -2.54. The minimum absolute atomic E-state index is 0.146. The van der Waals surface area contributed by atoms with Crippen molar-refractivity contribution in [3.8, 4) is 5.75 Å². The quantitative estimate of drug-likeness (QED) is 0.651. The molecule has 0 radical (unpaired) electrons. The summed E-state index contributed by atoms with van der Waals surface area (Å²) in [6, 6.07) is 6.99. The maximum absolute atomic E-state index is 11.8. The number of benzene rings is 1. The van der Waals surface area contributed by atoms with E-state index in [-0.39, 0.29) is 18.7 Å². The summed E-state index contributed by atoms with van der Waals surface area (Å²) in [4.78, 5) is 39.2. The van der Waals surface area contributed by atoms with Crippen LogP contribution in [0.1, 0.15) is 17.7 Å². The molecule has 0 fully saturated rings. The monoisotopic (exact) mass is 351 g/mol. The molecule has 128 valence electrons. The van der Waals surface area contributed by atoms with E-state index in [0.717, 1.165) is 0 Å². The first kappa shape index (κ1) is 17.8. The van der Waals surface area contributed by atoms with Gasteiger partial charge in [-0.1, -0.05) is 17.7 Å². The first-order chi connectivity index (χ1) is 11.5. The van der Waals surface area contributed by atoms with Crippen molar-refractivity contribution in [2.45, 2.75) is 19.8 Å². The number of hydrogen-bond acceptors (Lipinski definition) is 4. The minimum Gasteiger partial charge on any atom is -0.492 e. The molecule has 1 aromatic carbocycles. The molecule has 1 aromatic heterocycles. The summed E-state index contributed by atoms with van der Waals surface area (Å²) in [5, 5.41) is 3.29. The van der Waals surface area contributed by atoms with E-state index in [0.29, 0.717) is 35.2 Å². The zero-order valence-corrected chi connectivity index (χ0v) is 13.9. The van der Waals surface area contributed by atoms with Gasteiger partial charge in [0.1, 0.15) is 12.4 Å². The zero-order valence-electron chi connectivity index (χ0n) is 13.1. The molecule has 1 heterocycles. The molecular weight excluding hydrogens is 334 g/mol. The van der Waals surface area contributed by atoms with Crippen molar-refractivity contribution < 1.29 is 9.53 Å². The van der Waals surface area contributed by atoms with E-state index in [2.05, 4.69) is 15.3 Å². The number of amides is 1. The molecule has 7 nitrogen and oxygen atoms in total. The van der Waals surface area contributed by atoms with Gasteiger partial charge in [0, 0.05) is 22.7 Å². The molecule has 1 amide bonds. The SMILES string of the molecule is Cc1[nH]c(=O)[nH]c(=O)c1CCC(=O)NCCOc1cccc(Cl)c1. The first-order valence-corrected chi connectivity index (χ1v) is 7.80. The van der Waals surface area contributed by atoms with Crippen molar-refractivity contribution in [1.29, 1.82) is 0 Å². The van der Waals surface area contributed by atoms with Crippen LogP contribution in [0.2, 0.25) is 5.02 Å². The maximum atomic E-state index is 11.8. The van der Waals surface area contributed by atoms with Gasteiger partial charge < -0.3 is 15.0 Å². The van der Waals surface area contributed by atoms with Crippen LogP contribution in [-0.2, 0) is 11.2 Å². The van der Waals surface area contributed by atoms with Gasteiger partial charge in [-0.15, -0.1) is 0 Å². The number of aryl methyl sites for hydroxylation is 1. The highest BCUT2D eigenvalue weighted by molar-refractivity contribution is 6.30. The number of aromatic amines is 2. The van der Waals surface area contributed by atoms with E-state index < -0.39 is 11.2 Å². The standard InChI is InChI=1S/C16H18ClN3O4/c1-10-13(15(22)20-16(23)19-10)5-6-14(21)18-7-8-24-12-4-2-3-11(17)9-12/h2-4,9H,5-8H2,1H3,(H,18,21)(H2,19,20,22,23). The Balaban J connectivity index is 1.74. The first-order valence-electron chi connectivity index (χ1n) is 7.43. The fraction of sp³-hybridized carbons (Fsp3) is 0.312. The van der Waals surface area contributed by atoms with E-state index in [1.54, 1.807) is 31.2 Å². The van der Waals surface area contributed by atoms with Gasteiger partial charge in [-0.25, -0.2) is 4.79 Å². The lowest BCUT2D eigenvalue weighted by atomic mass is 10.1. The Morgan fingerprint density at radius 3 is 2.79 bits per heavy atom. The summed E-state index contributed by atoms with van der Waals surface area (Å²) >= 11 is 5.84. The van der Waals surface area contributed by atoms with E-state index in [1.165, 1.54) is 0 Å². The van der Waals surface area contributed by atoms with E-state index in [4.69, 9.17) is 16.3 Å². The van der Waals surface area contributed by atoms with Crippen LogP contribution in [0.5, 0.6) is 5.75 Å². The Bertz CT molecular complexity index is 829. The van der Waals surface area contributed by atoms with Gasteiger partial charge >= 0.3 is 5.69 Å². The molecule has 0 spiro atoms. The number of aromatic nitrogens is 2. The molecular formula is C16H18ClN3O4.